The Labute approximate surface area is 240 Å². The summed E-state index contributed by atoms with van der Waals surface area (Å²) >= 11 is 1.01. The number of anilines is 1. The van der Waals surface area contributed by atoms with Crippen LogP contribution in [0.2, 0.25) is 0 Å². The summed E-state index contributed by atoms with van der Waals surface area (Å²) in [5.41, 5.74) is 2.81. The number of rotatable bonds is 6. The molecule has 210 valence electrons. The maximum Gasteiger partial charge on any atom is 0.254 e. The van der Waals surface area contributed by atoms with Gasteiger partial charge in [0.25, 0.3) is 5.91 Å². The van der Waals surface area contributed by atoms with E-state index in [0.29, 0.717) is 49.2 Å². The molecule has 0 radical (unpaired) electrons. The molecule has 2 amide bonds. The van der Waals surface area contributed by atoms with Crippen molar-refractivity contribution >= 4 is 28.3 Å². The molecule has 2 aromatic carbocycles. The molecular formula is C30H28FN5O4S. The zero-order chi connectivity index (χ0) is 28.6. The molecule has 41 heavy (non-hydrogen) atoms. The van der Waals surface area contributed by atoms with Crippen molar-refractivity contribution in [1.29, 1.82) is 0 Å². The molecule has 0 spiro atoms. The van der Waals surface area contributed by atoms with Gasteiger partial charge in [0.1, 0.15) is 17.4 Å². The van der Waals surface area contributed by atoms with Crippen LogP contribution in [0.5, 0.6) is 11.6 Å². The molecule has 2 aromatic heterocycles. The van der Waals surface area contributed by atoms with Crippen molar-refractivity contribution in [3.8, 4) is 22.9 Å². The highest BCUT2D eigenvalue weighted by molar-refractivity contribution is 7.15. The van der Waals surface area contributed by atoms with Crippen LogP contribution in [0.25, 0.3) is 11.3 Å². The lowest BCUT2D eigenvalue weighted by Crippen LogP contribution is -2.40. The van der Waals surface area contributed by atoms with Gasteiger partial charge in [-0.25, -0.2) is 9.37 Å². The minimum absolute atomic E-state index is 0.0176. The van der Waals surface area contributed by atoms with Crippen molar-refractivity contribution in [3.05, 3.63) is 82.4 Å². The summed E-state index contributed by atoms with van der Waals surface area (Å²) < 4.78 is 24.6. The number of aromatic nitrogens is 3. The molecule has 1 fully saturated rings. The Hall–Kier alpha value is -4.22. The number of ether oxygens (including phenoxy) is 2. The molecule has 1 saturated heterocycles. The number of halogens is 1. The first-order valence-corrected chi connectivity index (χ1v) is 14.1. The predicted molar refractivity (Wildman–Crippen MR) is 152 cm³/mol. The average molecular weight is 574 g/mol. The lowest BCUT2D eigenvalue weighted by molar-refractivity contribution is -0.124. The van der Waals surface area contributed by atoms with E-state index < -0.39 is 12.1 Å². The molecule has 2 aliphatic heterocycles. The monoisotopic (exact) mass is 573 g/mol. The van der Waals surface area contributed by atoms with Gasteiger partial charge in [-0.2, -0.15) is 0 Å². The Bertz CT molecular complexity index is 1600. The van der Waals surface area contributed by atoms with Crippen molar-refractivity contribution in [1.82, 2.24) is 20.1 Å². The van der Waals surface area contributed by atoms with Gasteiger partial charge in [0.2, 0.25) is 16.9 Å². The van der Waals surface area contributed by atoms with Crippen LogP contribution in [0.3, 0.4) is 0 Å². The molecule has 1 atom stereocenters. The van der Waals surface area contributed by atoms with Crippen LogP contribution in [0.4, 0.5) is 9.52 Å². The second-order valence-electron chi connectivity index (χ2n) is 10.5. The molecule has 1 unspecified atom stereocenters. The number of alkyl halides is 1. The number of fused-ring (bicyclic) bond motifs is 2. The maximum atomic E-state index is 13.6. The van der Waals surface area contributed by atoms with Gasteiger partial charge < -0.3 is 19.7 Å². The Morgan fingerprint density at radius 3 is 2.51 bits per heavy atom. The Morgan fingerprint density at radius 2 is 1.78 bits per heavy atom. The summed E-state index contributed by atoms with van der Waals surface area (Å²) in [5.74, 6) is 0.354. The number of carbonyl (C=O) groups is 2. The minimum Gasteiger partial charge on any atom is -0.438 e. The summed E-state index contributed by atoms with van der Waals surface area (Å²) in [6.45, 7) is 5.24. The standard InChI is InChI=1S/C30H28FN5O4S/c1-30(2,28(38)33-29-35-34-24(17-31)41-29)25-20-5-3-4-6-23(20)40-26-21(25)11-12-22(32-26)18-7-9-19(10-8-18)27(37)36-13-15-39-16-14-36/h3-12,25H,13-17H2,1-2H3,(H,33,35,38). The first kappa shape index (κ1) is 27.0. The van der Waals surface area contributed by atoms with E-state index in [4.69, 9.17) is 14.5 Å². The number of pyridine rings is 1. The molecule has 2 aliphatic rings. The highest BCUT2D eigenvalue weighted by Gasteiger charge is 2.44. The number of hydrogen-bond acceptors (Lipinski definition) is 8. The van der Waals surface area contributed by atoms with Crippen molar-refractivity contribution in [2.75, 3.05) is 31.6 Å². The van der Waals surface area contributed by atoms with E-state index in [0.717, 1.165) is 28.0 Å². The number of para-hydroxylation sites is 1. The molecule has 0 bridgehead atoms. The van der Waals surface area contributed by atoms with E-state index in [1.54, 1.807) is 4.90 Å². The van der Waals surface area contributed by atoms with Gasteiger partial charge in [-0.1, -0.05) is 61.6 Å². The van der Waals surface area contributed by atoms with Crippen LogP contribution in [-0.2, 0) is 16.2 Å². The van der Waals surface area contributed by atoms with E-state index in [9.17, 15) is 14.0 Å². The third kappa shape index (κ3) is 5.18. The predicted octanol–water partition coefficient (Wildman–Crippen LogP) is 5.44. The van der Waals surface area contributed by atoms with Crippen molar-refractivity contribution < 1.29 is 23.5 Å². The molecule has 11 heteroatoms. The van der Waals surface area contributed by atoms with Gasteiger partial charge in [0.05, 0.1) is 24.3 Å². The van der Waals surface area contributed by atoms with Gasteiger partial charge in [-0.15, -0.1) is 10.2 Å². The van der Waals surface area contributed by atoms with Crippen LogP contribution >= 0.6 is 11.3 Å². The molecule has 0 saturated carbocycles. The smallest absolute Gasteiger partial charge is 0.254 e. The number of hydrogen-bond donors (Lipinski definition) is 1. The molecule has 9 nitrogen and oxygen atoms in total. The molecule has 1 N–H and O–H groups in total. The fourth-order valence-electron chi connectivity index (χ4n) is 5.25. The molecule has 4 heterocycles. The van der Waals surface area contributed by atoms with Gasteiger partial charge in [0, 0.05) is 41.3 Å². The third-order valence-corrected chi connectivity index (χ3v) is 8.28. The lowest BCUT2D eigenvalue weighted by Gasteiger charge is -2.37. The van der Waals surface area contributed by atoms with Crippen molar-refractivity contribution in [2.24, 2.45) is 5.41 Å². The van der Waals surface area contributed by atoms with Gasteiger partial charge in [0.15, 0.2) is 0 Å². The highest BCUT2D eigenvalue weighted by Crippen LogP contribution is 2.52. The Kier molecular flexibility index (Phi) is 7.22. The van der Waals surface area contributed by atoms with E-state index in [2.05, 4.69) is 15.5 Å². The minimum atomic E-state index is -0.957. The number of morpholine rings is 1. The highest BCUT2D eigenvalue weighted by atomic mass is 32.1. The second-order valence-corrected chi connectivity index (χ2v) is 11.5. The zero-order valence-electron chi connectivity index (χ0n) is 22.6. The largest absolute Gasteiger partial charge is 0.438 e. The number of nitrogens with one attached hydrogen (secondary N) is 1. The van der Waals surface area contributed by atoms with E-state index in [-0.39, 0.29) is 27.9 Å². The number of nitrogens with zero attached hydrogens (tertiary/aromatic N) is 4. The van der Waals surface area contributed by atoms with Crippen molar-refractivity contribution in [2.45, 2.75) is 26.4 Å². The fourth-order valence-corrected chi connectivity index (χ4v) is 5.84. The zero-order valence-corrected chi connectivity index (χ0v) is 23.4. The third-order valence-electron chi connectivity index (χ3n) is 7.47. The SMILES string of the molecule is CC(C)(C(=O)Nc1nnc(CF)s1)C1c2ccccc2Oc2nc(-c3ccc(C(=O)N4CCOCC4)cc3)ccc21. The summed E-state index contributed by atoms with van der Waals surface area (Å²) in [4.78, 5) is 33.1. The number of amides is 2. The normalized spacial score (nSPS) is 16.4. The lowest BCUT2D eigenvalue weighted by atomic mass is 9.69. The quantitative estimate of drug-likeness (QED) is 0.327. The Balaban J connectivity index is 1.30. The topological polar surface area (TPSA) is 107 Å². The first-order valence-electron chi connectivity index (χ1n) is 13.3. The second kappa shape index (κ2) is 11.0. The van der Waals surface area contributed by atoms with Gasteiger partial charge >= 0.3 is 0 Å². The maximum absolute atomic E-state index is 13.6. The van der Waals surface area contributed by atoms with Gasteiger partial charge in [-0.05, 0) is 24.3 Å². The summed E-state index contributed by atoms with van der Waals surface area (Å²) in [5, 5.41) is 10.9. The van der Waals surface area contributed by atoms with E-state index in [1.165, 1.54) is 0 Å². The summed E-state index contributed by atoms with van der Waals surface area (Å²) in [7, 11) is 0. The van der Waals surface area contributed by atoms with Crippen LogP contribution in [0.1, 0.15) is 46.3 Å². The van der Waals surface area contributed by atoms with Crippen LogP contribution in [0.15, 0.2) is 60.7 Å². The van der Waals surface area contributed by atoms with E-state index in [1.807, 2.05) is 74.5 Å². The summed E-state index contributed by atoms with van der Waals surface area (Å²) in [6, 6.07) is 18.8. The van der Waals surface area contributed by atoms with Crippen LogP contribution < -0.4 is 10.1 Å². The number of carbonyl (C=O) groups excluding carboxylic acids is 2. The first-order chi connectivity index (χ1) is 19.8. The fraction of sp³-hybridized carbons (Fsp3) is 0.300. The molecule has 0 aliphatic carbocycles. The number of benzene rings is 2. The Morgan fingerprint density at radius 1 is 1.02 bits per heavy atom. The molecule has 4 aromatic rings. The van der Waals surface area contributed by atoms with Crippen molar-refractivity contribution in [3.63, 3.8) is 0 Å². The van der Waals surface area contributed by atoms with Crippen LogP contribution in [0, 0.1) is 5.41 Å². The van der Waals surface area contributed by atoms with Crippen LogP contribution in [-0.4, -0.2) is 58.2 Å². The van der Waals surface area contributed by atoms with E-state index >= 15 is 0 Å². The summed E-state index contributed by atoms with van der Waals surface area (Å²) in [6.07, 6.45) is 0. The molecule has 6 rings (SSSR count). The van der Waals surface area contributed by atoms with Gasteiger partial charge in [-0.3, -0.25) is 9.59 Å². The average Bonchev–Trinajstić information content (AvgIpc) is 3.47. The molecular weight excluding hydrogens is 545 g/mol.